The van der Waals surface area contributed by atoms with Crippen molar-refractivity contribution in [3.63, 3.8) is 0 Å². The van der Waals surface area contributed by atoms with Gasteiger partial charge in [0.15, 0.2) is 0 Å². The fourth-order valence-corrected chi connectivity index (χ4v) is 3.54. The number of nitrogens with zero attached hydrogens (tertiary/aromatic N) is 3. The van der Waals surface area contributed by atoms with Gasteiger partial charge in [-0.25, -0.2) is 4.68 Å². The van der Waals surface area contributed by atoms with E-state index in [1.165, 1.54) is 19.3 Å². The average molecular weight is 363 g/mol. The minimum atomic E-state index is 0.383. The van der Waals surface area contributed by atoms with Crippen LogP contribution in [0.5, 0.6) is 11.5 Å². The molecule has 0 radical (unpaired) electrons. The van der Waals surface area contributed by atoms with E-state index in [1.54, 1.807) is 18.9 Å². The van der Waals surface area contributed by atoms with Crippen LogP contribution in [-0.2, 0) is 6.67 Å². The molecule has 6 nitrogen and oxygen atoms in total. The van der Waals surface area contributed by atoms with Crippen LogP contribution in [0.15, 0.2) is 22.6 Å². The Kier molecular flexibility index (Phi) is 5.75. The summed E-state index contributed by atoms with van der Waals surface area (Å²) < 4.78 is 18.2. The molecule has 1 fully saturated rings. The number of rotatable bonds is 6. The van der Waals surface area contributed by atoms with Crippen LogP contribution in [-0.4, -0.2) is 41.5 Å². The second kappa shape index (κ2) is 8.01. The summed E-state index contributed by atoms with van der Waals surface area (Å²) in [5.74, 6) is 1.83. The van der Waals surface area contributed by atoms with Crippen molar-refractivity contribution in [1.82, 2.24) is 14.7 Å². The molecule has 3 rings (SSSR count). The zero-order valence-corrected chi connectivity index (χ0v) is 15.8. The molecule has 7 heteroatoms. The number of methoxy groups -OCH3 is 2. The quantitative estimate of drug-likeness (QED) is 0.720. The van der Waals surface area contributed by atoms with Crippen molar-refractivity contribution >= 4 is 12.2 Å². The Morgan fingerprint density at radius 1 is 1.28 bits per heavy atom. The molecule has 1 atom stereocenters. The predicted molar refractivity (Wildman–Crippen MR) is 98.5 cm³/mol. The summed E-state index contributed by atoms with van der Waals surface area (Å²) in [7, 11) is 3.24. The third-order valence-electron chi connectivity index (χ3n) is 4.78. The van der Waals surface area contributed by atoms with E-state index in [2.05, 4.69) is 16.9 Å². The van der Waals surface area contributed by atoms with E-state index in [-0.39, 0.29) is 0 Å². The molecule has 0 saturated carbocycles. The van der Waals surface area contributed by atoms with Crippen molar-refractivity contribution in [3.8, 4) is 23.0 Å². The first-order chi connectivity index (χ1) is 12.2. The summed E-state index contributed by atoms with van der Waals surface area (Å²) >= 11 is 5.39. The monoisotopic (exact) mass is 363 g/mol. The van der Waals surface area contributed by atoms with Crippen LogP contribution in [0.2, 0.25) is 0 Å². The Labute approximate surface area is 153 Å². The van der Waals surface area contributed by atoms with Gasteiger partial charge in [0.05, 0.1) is 26.5 Å². The Bertz CT molecular complexity index is 771. The third-order valence-corrected chi connectivity index (χ3v) is 5.08. The molecule has 1 aliphatic heterocycles. The number of benzene rings is 1. The van der Waals surface area contributed by atoms with Crippen LogP contribution < -0.4 is 9.47 Å². The van der Waals surface area contributed by atoms with Gasteiger partial charge in [-0.1, -0.05) is 13.3 Å². The highest BCUT2D eigenvalue weighted by atomic mass is 32.1. The number of likely N-dealkylation sites (tertiary alicyclic amines) is 1. The summed E-state index contributed by atoms with van der Waals surface area (Å²) in [6, 6.07) is 6.13. The largest absolute Gasteiger partial charge is 0.497 e. The molecule has 25 heavy (non-hydrogen) atoms. The molecule has 1 aromatic heterocycles. The molecule has 136 valence electrons. The standard InChI is InChI=1S/C18H25N3O3S/c1-4-13-7-5-6-10-20(13)12-21-18(25)24-17(19-21)15-9-8-14(22-2)11-16(15)23-3/h8-9,11,13H,4-7,10,12H2,1-3H3/t13-/m1/s1. The van der Waals surface area contributed by atoms with Gasteiger partial charge in [0.25, 0.3) is 10.7 Å². The fraction of sp³-hybridized carbons (Fsp3) is 0.556. The van der Waals surface area contributed by atoms with Crippen LogP contribution in [0.25, 0.3) is 11.5 Å². The van der Waals surface area contributed by atoms with Gasteiger partial charge in [-0.2, -0.15) is 0 Å². The molecule has 0 amide bonds. The summed E-state index contributed by atoms with van der Waals surface area (Å²) in [4.78, 5) is 2.82. The number of aromatic nitrogens is 2. The van der Waals surface area contributed by atoms with Gasteiger partial charge in [0, 0.05) is 18.7 Å². The lowest BCUT2D eigenvalue weighted by Crippen LogP contribution is -2.40. The molecule has 0 unspecified atom stereocenters. The van der Waals surface area contributed by atoms with Gasteiger partial charge >= 0.3 is 0 Å². The zero-order chi connectivity index (χ0) is 17.8. The second-order valence-electron chi connectivity index (χ2n) is 6.25. The summed E-state index contributed by atoms with van der Waals surface area (Å²) in [5, 5.41) is 4.59. The third kappa shape index (κ3) is 3.88. The van der Waals surface area contributed by atoms with Crippen molar-refractivity contribution < 1.29 is 13.9 Å². The predicted octanol–water partition coefficient (Wildman–Crippen LogP) is 4.11. The van der Waals surface area contributed by atoms with Crippen molar-refractivity contribution in [2.24, 2.45) is 0 Å². The topological polar surface area (TPSA) is 52.7 Å². The Hall–Kier alpha value is -1.86. The normalized spacial score (nSPS) is 18.3. The van der Waals surface area contributed by atoms with E-state index >= 15 is 0 Å². The Morgan fingerprint density at radius 2 is 2.12 bits per heavy atom. The van der Waals surface area contributed by atoms with Crippen molar-refractivity contribution in [3.05, 3.63) is 23.0 Å². The molecule has 1 aromatic carbocycles. The number of hydrogen-bond acceptors (Lipinski definition) is 6. The van der Waals surface area contributed by atoms with Crippen molar-refractivity contribution in [2.75, 3.05) is 20.8 Å². The maximum atomic E-state index is 5.75. The van der Waals surface area contributed by atoms with E-state index in [9.17, 15) is 0 Å². The molecule has 2 heterocycles. The van der Waals surface area contributed by atoms with Gasteiger partial charge < -0.3 is 13.9 Å². The number of piperidine rings is 1. The van der Waals surface area contributed by atoms with E-state index in [0.717, 1.165) is 24.3 Å². The highest BCUT2D eigenvalue weighted by Crippen LogP contribution is 2.32. The lowest BCUT2D eigenvalue weighted by atomic mass is 10.0. The van der Waals surface area contributed by atoms with E-state index in [1.807, 2.05) is 18.2 Å². The molecule has 0 bridgehead atoms. The van der Waals surface area contributed by atoms with Gasteiger partial charge in [0.2, 0.25) is 0 Å². The highest BCUT2D eigenvalue weighted by Gasteiger charge is 2.22. The molecule has 1 aliphatic rings. The average Bonchev–Trinajstić information content (AvgIpc) is 3.01. The summed E-state index contributed by atoms with van der Waals surface area (Å²) in [5.41, 5.74) is 0.763. The van der Waals surface area contributed by atoms with E-state index in [4.69, 9.17) is 26.1 Å². The highest BCUT2D eigenvalue weighted by molar-refractivity contribution is 7.71. The smallest absolute Gasteiger partial charge is 0.288 e. The number of hydrogen-bond donors (Lipinski definition) is 0. The lowest BCUT2D eigenvalue weighted by Gasteiger charge is -2.34. The zero-order valence-electron chi connectivity index (χ0n) is 15.0. The van der Waals surface area contributed by atoms with E-state index in [0.29, 0.717) is 29.2 Å². The maximum Gasteiger partial charge on any atom is 0.288 e. The Morgan fingerprint density at radius 3 is 2.84 bits per heavy atom. The SMILES string of the molecule is CC[C@@H]1CCCCN1Cn1nc(-c2ccc(OC)cc2OC)oc1=S. The summed E-state index contributed by atoms with van der Waals surface area (Å²) in [6.45, 7) is 3.98. The lowest BCUT2D eigenvalue weighted by molar-refractivity contribution is 0.0994. The van der Waals surface area contributed by atoms with E-state index < -0.39 is 0 Å². The van der Waals surface area contributed by atoms with Gasteiger partial charge in [-0.3, -0.25) is 4.90 Å². The van der Waals surface area contributed by atoms with Crippen LogP contribution >= 0.6 is 12.2 Å². The molecular formula is C18H25N3O3S. The fourth-order valence-electron chi connectivity index (χ4n) is 3.36. The summed E-state index contributed by atoms with van der Waals surface area (Å²) in [6.07, 6.45) is 4.90. The maximum absolute atomic E-state index is 5.75. The van der Waals surface area contributed by atoms with Crippen LogP contribution in [0, 0.1) is 4.84 Å². The first-order valence-electron chi connectivity index (χ1n) is 8.70. The number of ether oxygens (including phenoxy) is 2. The van der Waals surface area contributed by atoms with Crippen molar-refractivity contribution in [1.29, 1.82) is 0 Å². The minimum absolute atomic E-state index is 0.383. The molecule has 0 N–H and O–H groups in total. The second-order valence-corrected chi connectivity index (χ2v) is 6.60. The Balaban J connectivity index is 1.86. The van der Waals surface area contributed by atoms with Crippen LogP contribution in [0.4, 0.5) is 0 Å². The molecule has 2 aromatic rings. The molecule has 0 aliphatic carbocycles. The van der Waals surface area contributed by atoms with Gasteiger partial charge in [-0.05, 0) is 43.6 Å². The molecular weight excluding hydrogens is 338 g/mol. The minimum Gasteiger partial charge on any atom is -0.497 e. The molecule has 0 spiro atoms. The first-order valence-corrected chi connectivity index (χ1v) is 9.11. The van der Waals surface area contributed by atoms with Crippen LogP contribution in [0.1, 0.15) is 32.6 Å². The molecule has 1 saturated heterocycles. The van der Waals surface area contributed by atoms with Gasteiger partial charge in [-0.15, -0.1) is 5.10 Å². The van der Waals surface area contributed by atoms with Gasteiger partial charge in [0.1, 0.15) is 11.5 Å². The van der Waals surface area contributed by atoms with Crippen molar-refractivity contribution in [2.45, 2.75) is 45.3 Å². The first kappa shape index (κ1) is 17.9. The van der Waals surface area contributed by atoms with Crippen LogP contribution in [0.3, 0.4) is 0 Å².